The first-order chi connectivity index (χ1) is 17.0. The average Bonchev–Trinajstić information content (AvgIpc) is 3.26. The number of hydrogen-bond donors (Lipinski definition) is 0. The van der Waals surface area contributed by atoms with Gasteiger partial charge in [-0.25, -0.2) is 0 Å². The van der Waals surface area contributed by atoms with Gasteiger partial charge in [-0.05, 0) is 80.3 Å². The van der Waals surface area contributed by atoms with E-state index in [2.05, 4.69) is 42.5 Å². The third-order valence-electron chi connectivity index (χ3n) is 6.76. The van der Waals surface area contributed by atoms with Crippen molar-refractivity contribution in [3.8, 4) is 44.5 Å². The Morgan fingerprint density at radius 2 is 1.06 bits per heavy atom. The van der Waals surface area contributed by atoms with E-state index in [1.165, 1.54) is 23.3 Å². The molecular formula is C32H21F3. The molecule has 0 heterocycles. The van der Waals surface area contributed by atoms with Gasteiger partial charge in [0.25, 0.3) is 0 Å². The van der Waals surface area contributed by atoms with E-state index >= 15 is 0 Å². The summed E-state index contributed by atoms with van der Waals surface area (Å²) in [6.07, 6.45) is -3.62. The topological polar surface area (TPSA) is 0 Å². The van der Waals surface area contributed by atoms with Crippen molar-refractivity contribution in [1.29, 1.82) is 0 Å². The normalized spacial score (nSPS) is 12.3. The molecule has 3 heteroatoms. The van der Waals surface area contributed by atoms with Gasteiger partial charge in [-0.15, -0.1) is 0 Å². The fourth-order valence-electron chi connectivity index (χ4n) is 5.17. The van der Waals surface area contributed by atoms with Gasteiger partial charge in [0.1, 0.15) is 0 Å². The molecule has 35 heavy (non-hydrogen) atoms. The van der Waals surface area contributed by atoms with Crippen molar-refractivity contribution in [3.63, 3.8) is 0 Å². The third kappa shape index (κ3) is 3.74. The second-order valence-electron chi connectivity index (χ2n) is 8.84. The molecule has 5 aromatic rings. The molecule has 0 nitrogen and oxygen atoms in total. The summed E-state index contributed by atoms with van der Waals surface area (Å²) >= 11 is 0. The van der Waals surface area contributed by atoms with Crippen molar-refractivity contribution < 1.29 is 13.2 Å². The summed E-state index contributed by atoms with van der Waals surface area (Å²) in [5, 5.41) is 0. The molecule has 0 atom stereocenters. The zero-order chi connectivity index (χ0) is 24.0. The van der Waals surface area contributed by atoms with Crippen LogP contribution < -0.4 is 0 Å². The van der Waals surface area contributed by atoms with Crippen LogP contribution in [0.4, 0.5) is 13.2 Å². The molecule has 0 N–H and O–H groups in total. The number of halogens is 3. The predicted molar refractivity (Wildman–Crippen MR) is 136 cm³/mol. The van der Waals surface area contributed by atoms with Gasteiger partial charge in [0.2, 0.25) is 0 Å². The van der Waals surface area contributed by atoms with Gasteiger partial charge < -0.3 is 0 Å². The number of alkyl halides is 3. The van der Waals surface area contributed by atoms with E-state index < -0.39 is 11.7 Å². The maximum Gasteiger partial charge on any atom is 0.416 e. The Kier molecular flexibility index (Phi) is 5.07. The second-order valence-corrected chi connectivity index (χ2v) is 8.84. The average molecular weight is 463 g/mol. The highest BCUT2D eigenvalue weighted by Crippen LogP contribution is 2.50. The smallest absolute Gasteiger partial charge is 0.166 e. The Hall–Kier alpha value is -4.11. The van der Waals surface area contributed by atoms with Crippen LogP contribution in [-0.4, -0.2) is 0 Å². The molecule has 0 radical (unpaired) electrons. The fourth-order valence-corrected chi connectivity index (χ4v) is 5.17. The molecule has 0 bridgehead atoms. The van der Waals surface area contributed by atoms with E-state index in [9.17, 15) is 13.2 Å². The van der Waals surface area contributed by atoms with Crippen molar-refractivity contribution in [1.82, 2.24) is 0 Å². The van der Waals surface area contributed by atoms with Crippen molar-refractivity contribution in [2.75, 3.05) is 0 Å². The number of hydrogen-bond acceptors (Lipinski definition) is 0. The lowest BCUT2D eigenvalue weighted by Gasteiger charge is -2.21. The maximum atomic E-state index is 13.4. The van der Waals surface area contributed by atoms with Crippen molar-refractivity contribution in [2.24, 2.45) is 0 Å². The third-order valence-corrected chi connectivity index (χ3v) is 6.76. The van der Waals surface area contributed by atoms with E-state index in [4.69, 9.17) is 0 Å². The molecule has 1 aliphatic rings. The molecule has 5 aromatic carbocycles. The monoisotopic (exact) mass is 462 g/mol. The van der Waals surface area contributed by atoms with Gasteiger partial charge in [-0.2, -0.15) is 13.2 Å². The Morgan fingerprint density at radius 3 is 1.71 bits per heavy atom. The number of benzene rings is 5. The molecule has 170 valence electrons. The van der Waals surface area contributed by atoms with E-state index in [-0.39, 0.29) is 0 Å². The fraction of sp³-hybridized carbons (Fsp3) is 0.0625. The summed E-state index contributed by atoms with van der Waals surface area (Å²) in [4.78, 5) is 0. The SMILES string of the molecule is FC(F)(F)c1ccc(-c2c3c(cc(-c4ccccc4)c2-c2ccccc2)-c2ccccc2C3)cc1. The Morgan fingerprint density at radius 1 is 0.486 bits per heavy atom. The molecule has 0 fully saturated rings. The Balaban J connectivity index is 1.71. The molecule has 0 spiro atoms. The molecule has 0 amide bonds. The van der Waals surface area contributed by atoms with Crippen LogP contribution in [0.5, 0.6) is 0 Å². The largest absolute Gasteiger partial charge is 0.416 e. The minimum atomic E-state index is -4.37. The highest BCUT2D eigenvalue weighted by Gasteiger charge is 2.31. The first-order valence-electron chi connectivity index (χ1n) is 11.6. The highest BCUT2D eigenvalue weighted by molar-refractivity contribution is 6.01. The summed E-state index contributed by atoms with van der Waals surface area (Å²) in [7, 11) is 0. The Bertz CT molecular complexity index is 1510. The minimum Gasteiger partial charge on any atom is -0.166 e. The van der Waals surface area contributed by atoms with Crippen LogP contribution in [0.1, 0.15) is 16.7 Å². The zero-order valence-corrected chi connectivity index (χ0v) is 18.8. The van der Waals surface area contributed by atoms with Gasteiger partial charge in [0.15, 0.2) is 0 Å². The predicted octanol–water partition coefficient (Wildman–Crippen LogP) is 9.28. The van der Waals surface area contributed by atoms with Crippen LogP contribution in [0, 0.1) is 0 Å². The van der Waals surface area contributed by atoms with E-state index in [1.54, 1.807) is 12.1 Å². The lowest BCUT2D eigenvalue weighted by molar-refractivity contribution is -0.137. The summed E-state index contributed by atoms with van der Waals surface area (Å²) in [5.74, 6) is 0. The van der Waals surface area contributed by atoms with Gasteiger partial charge in [0.05, 0.1) is 5.56 Å². The summed E-state index contributed by atoms with van der Waals surface area (Å²) < 4.78 is 40.1. The molecule has 0 saturated heterocycles. The quantitative estimate of drug-likeness (QED) is 0.246. The molecular weight excluding hydrogens is 441 g/mol. The summed E-state index contributed by atoms with van der Waals surface area (Å²) in [5.41, 5.74) is 10.1. The van der Waals surface area contributed by atoms with Crippen molar-refractivity contribution >= 4 is 0 Å². The molecule has 1 aliphatic carbocycles. The van der Waals surface area contributed by atoms with Crippen LogP contribution in [-0.2, 0) is 12.6 Å². The minimum absolute atomic E-state index is 0.637. The number of fused-ring (bicyclic) bond motifs is 3. The van der Waals surface area contributed by atoms with E-state index in [0.29, 0.717) is 0 Å². The zero-order valence-electron chi connectivity index (χ0n) is 18.8. The Labute approximate surface area is 202 Å². The molecule has 0 aliphatic heterocycles. The van der Waals surface area contributed by atoms with Crippen molar-refractivity contribution in [3.05, 3.63) is 132 Å². The van der Waals surface area contributed by atoms with Crippen LogP contribution in [0.2, 0.25) is 0 Å². The molecule has 0 unspecified atom stereocenters. The standard InChI is InChI=1S/C32H21F3/c33-32(34,35)25-17-15-23(16-18-25)31-29-19-24-13-7-8-14-26(24)28(29)20-27(21-9-3-1-4-10-21)30(31)22-11-5-2-6-12-22/h1-18,20H,19H2. The van der Waals surface area contributed by atoms with Crippen LogP contribution in [0.3, 0.4) is 0 Å². The molecule has 6 rings (SSSR count). The van der Waals surface area contributed by atoms with Gasteiger partial charge in [-0.1, -0.05) is 97.1 Å². The number of rotatable bonds is 3. The molecule has 0 aromatic heterocycles. The van der Waals surface area contributed by atoms with Crippen LogP contribution in [0.25, 0.3) is 44.5 Å². The summed E-state index contributed by atoms with van der Waals surface area (Å²) in [6, 6.07) is 36.5. The van der Waals surface area contributed by atoms with Crippen LogP contribution >= 0.6 is 0 Å². The maximum absolute atomic E-state index is 13.4. The van der Waals surface area contributed by atoms with Gasteiger partial charge >= 0.3 is 6.18 Å². The van der Waals surface area contributed by atoms with E-state index in [1.807, 2.05) is 48.5 Å². The second kappa shape index (κ2) is 8.28. The van der Waals surface area contributed by atoms with Gasteiger partial charge in [-0.3, -0.25) is 0 Å². The van der Waals surface area contributed by atoms with Crippen molar-refractivity contribution in [2.45, 2.75) is 12.6 Å². The lowest BCUT2D eigenvalue weighted by atomic mass is 9.82. The molecule has 0 saturated carbocycles. The first kappa shape index (κ1) is 21.4. The first-order valence-corrected chi connectivity index (χ1v) is 11.6. The lowest BCUT2D eigenvalue weighted by Crippen LogP contribution is -2.04. The summed E-state index contributed by atoms with van der Waals surface area (Å²) in [6.45, 7) is 0. The highest BCUT2D eigenvalue weighted by atomic mass is 19.4. The van der Waals surface area contributed by atoms with E-state index in [0.717, 1.165) is 50.9 Å². The van der Waals surface area contributed by atoms with Crippen LogP contribution in [0.15, 0.2) is 115 Å². The van der Waals surface area contributed by atoms with Gasteiger partial charge in [0, 0.05) is 0 Å².